The lowest BCUT2D eigenvalue weighted by Gasteiger charge is -2.56. The lowest BCUT2D eigenvalue weighted by Crippen LogP contribution is -2.60. The van der Waals surface area contributed by atoms with Gasteiger partial charge in [-0.05, 0) is 147 Å². The third kappa shape index (κ3) is 15.9. The highest BCUT2D eigenvalue weighted by Gasteiger charge is 2.51. The van der Waals surface area contributed by atoms with E-state index >= 15 is 0 Å². The van der Waals surface area contributed by atoms with Crippen molar-refractivity contribution in [2.45, 2.75) is 140 Å². The molecule has 13 N–H and O–H groups in total. The molecule has 4 aliphatic carbocycles. The number of carbonyl (C=O) groups is 8. The minimum atomic E-state index is -1.36. The van der Waals surface area contributed by atoms with Crippen molar-refractivity contribution in [3.05, 3.63) is 72.3 Å². The number of anilines is 1. The van der Waals surface area contributed by atoms with Gasteiger partial charge in [0.2, 0.25) is 47.3 Å². The van der Waals surface area contributed by atoms with Gasteiger partial charge in [-0.3, -0.25) is 43.8 Å². The van der Waals surface area contributed by atoms with E-state index in [1.807, 2.05) is 50.2 Å². The molecule has 3 aromatic carbocycles. The maximum atomic E-state index is 14.4. The standard InChI is InChI=1S/C56H77N11O10/c1-32(2)20-43(51(74)64-42(10-6-18-59-55(57)58)54(77)67-19-7-11-46(67)53(76)60-30-48(71)62-40-15-14-38-8-4-5-9-39(38)25-40)65-49(72)33(3)61-50(73)44(24-34-12-16-41(69)17-13-34)66-52(75)45(31-68)63-47(70)29-56-26-35-21-36(27-56)23-37(22-35)28-56/h4-5,8-9,12-17,25,32-33,35-37,42-46,68-69H,6-7,10-11,18-24,26-31H2,1-3H3,(H,60,76)(H,61,73)(H,62,71)(H,63,70)(H,64,74)(H,65,72)(H,66,75)(H4,57,58,59)/t33-,35?,36?,37?,42-,43-,44-,45-,46-,56?/m0/s1. The second-order valence-electron chi connectivity index (χ2n) is 22.3. The van der Waals surface area contributed by atoms with Crippen LogP contribution in [0.2, 0.25) is 0 Å². The van der Waals surface area contributed by atoms with Crippen molar-refractivity contribution in [1.82, 2.24) is 42.1 Å². The number of guanidine groups is 1. The first-order chi connectivity index (χ1) is 36.8. The van der Waals surface area contributed by atoms with Crippen molar-refractivity contribution in [2.24, 2.45) is 34.8 Å². The Morgan fingerprint density at radius 2 is 1.35 bits per heavy atom. The van der Waals surface area contributed by atoms with Crippen LogP contribution >= 0.6 is 0 Å². The number of rotatable bonds is 25. The number of hydrogen-bond acceptors (Lipinski definition) is 11. The lowest BCUT2D eigenvalue weighted by atomic mass is 9.49. The summed E-state index contributed by atoms with van der Waals surface area (Å²) in [5.41, 5.74) is 6.48. The number of nitrogens with one attached hydrogen (secondary N) is 9. The van der Waals surface area contributed by atoms with E-state index in [9.17, 15) is 48.6 Å². The molecule has 21 nitrogen and oxygen atoms in total. The largest absolute Gasteiger partial charge is 0.508 e. The molecule has 8 rings (SSSR count). The molecule has 0 spiro atoms. The number of aliphatic hydroxyl groups excluding tert-OH is 1. The van der Waals surface area contributed by atoms with Gasteiger partial charge >= 0.3 is 0 Å². The van der Waals surface area contributed by atoms with Crippen molar-refractivity contribution in [3.63, 3.8) is 0 Å². The van der Waals surface area contributed by atoms with Crippen LogP contribution in [0.3, 0.4) is 0 Å². The summed E-state index contributed by atoms with van der Waals surface area (Å²) in [4.78, 5) is 112. The molecule has 0 radical (unpaired) electrons. The number of nitrogens with two attached hydrogens (primary N) is 1. The molecule has 21 heteroatoms. The third-order valence-corrected chi connectivity index (χ3v) is 15.5. The molecule has 77 heavy (non-hydrogen) atoms. The molecule has 0 unspecified atom stereocenters. The van der Waals surface area contributed by atoms with E-state index in [0.717, 1.165) is 30.0 Å². The quantitative estimate of drug-likeness (QED) is 0.0330. The minimum absolute atomic E-state index is 0.0222. The Balaban J connectivity index is 0.970. The van der Waals surface area contributed by atoms with Gasteiger partial charge in [-0.2, -0.15) is 0 Å². The second kappa shape index (κ2) is 26.2. The molecule has 4 saturated carbocycles. The molecule has 416 valence electrons. The Kier molecular flexibility index (Phi) is 19.5. The van der Waals surface area contributed by atoms with Gasteiger partial charge in [-0.1, -0.05) is 56.3 Å². The number of fused-ring (bicyclic) bond motifs is 1. The summed E-state index contributed by atoms with van der Waals surface area (Å²) in [6.07, 6.45) is 7.97. The molecule has 6 atom stereocenters. The van der Waals surface area contributed by atoms with Crippen LogP contribution in [0.25, 0.3) is 10.8 Å². The number of likely N-dealkylation sites (tertiary alicyclic amines) is 1. The zero-order valence-corrected chi connectivity index (χ0v) is 44.3. The van der Waals surface area contributed by atoms with Crippen LogP contribution in [0.1, 0.15) is 103 Å². The number of aromatic hydroxyl groups is 1. The molecule has 1 saturated heterocycles. The summed E-state index contributed by atoms with van der Waals surface area (Å²) >= 11 is 0. The average molecular weight is 1060 g/mol. The van der Waals surface area contributed by atoms with Gasteiger partial charge in [0.05, 0.1) is 13.2 Å². The minimum Gasteiger partial charge on any atom is -0.508 e. The number of amides is 8. The summed E-state index contributed by atoms with van der Waals surface area (Å²) in [5, 5.41) is 51.4. The summed E-state index contributed by atoms with van der Waals surface area (Å²) in [5.74, 6) is -3.56. The Labute approximate surface area is 449 Å². The highest BCUT2D eigenvalue weighted by Crippen LogP contribution is 2.61. The Hall–Kier alpha value is -7.29. The molecule has 4 bridgehead atoms. The number of aliphatic hydroxyl groups is 1. The first-order valence-corrected chi connectivity index (χ1v) is 27.1. The van der Waals surface area contributed by atoms with Crippen LogP contribution in [0.4, 0.5) is 5.69 Å². The third-order valence-electron chi connectivity index (χ3n) is 15.5. The van der Waals surface area contributed by atoms with Crippen LogP contribution in [0.15, 0.2) is 66.7 Å². The molecular weight excluding hydrogens is 987 g/mol. The van der Waals surface area contributed by atoms with E-state index in [2.05, 4.69) is 42.5 Å². The first-order valence-electron chi connectivity index (χ1n) is 27.1. The summed E-state index contributed by atoms with van der Waals surface area (Å²) in [6.45, 7) is 4.39. The van der Waals surface area contributed by atoms with Crippen molar-refractivity contribution in [1.29, 1.82) is 5.41 Å². The Morgan fingerprint density at radius 3 is 2.00 bits per heavy atom. The number of phenols is 1. The molecule has 1 heterocycles. The normalized spacial score (nSPS) is 22.2. The average Bonchev–Trinajstić information content (AvgIpc) is 3.93. The van der Waals surface area contributed by atoms with Crippen LogP contribution in [-0.4, -0.2) is 131 Å². The summed E-state index contributed by atoms with van der Waals surface area (Å²) in [7, 11) is 0. The second-order valence-corrected chi connectivity index (χ2v) is 22.3. The zero-order chi connectivity index (χ0) is 55.4. The highest BCUT2D eigenvalue weighted by molar-refractivity contribution is 5.99. The van der Waals surface area contributed by atoms with E-state index in [1.54, 1.807) is 18.2 Å². The maximum absolute atomic E-state index is 14.4. The predicted octanol–water partition coefficient (Wildman–Crippen LogP) is 2.19. The van der Waals surface area contributed by atoms with Gasteiger partial charge in [0, 0.05) is 31.6 Å². The summed E-state index contributed by atoms with van der Waals surface area (Å²) < 4.78 is 0. The maximum Gasteiger partial charge on any atom is 0.245 e. The molecular formula is C56H77N11O10. The van der Waals surface area contributed by atoms with Gasteiger partial charge in [0.25, 0.3) is 0 Å². The van der Waals surface area contributed by atoms with E-state index in [1.165, 1.54) is 43.2 Å². The zero-order valence-electron chi connectivity index (χ0n) is 44.3. The van der Waals surface area contributed by atoms with Gasteiger partial charge < -0.3 is 63.4 Å². The monoisotopic (exact) mass is 1060 g/mol. The van der Waals surface area contributed by atoms with Crippen molar-refractivity contribution in [2.75, 3.05) is 31.6 Å². The van der Waals surface area contributed by atoms with Gasteiger partial charge in [-0.15, -0.1) is 0 Å². The molecule has 0 aromatic heterocycles. The van der Waals surface area contributed by atoms with E-state index in [4.69, 9.17) is 11.1 Å². The smallest absolute Gasteiger partial charge is 0.245 e. The Bertz CT molecular complexity index is 2610. The fraction of sp³-hybridized carbons (Fsp3) is 0.554. The molecule has 8 amide bonds. The van der Waals surface area contributed by atoms with Crippen LogP contribution < -0.4 is 48.3 Å². The number of benzene rings is 3. The van der Waals surface area contributed by atoms with Gasteiger partial charge in [-0.25, -0.2) is 0 Å². The van der Waals surface area contributed by atoms with E-state index in [-0.39, 0.29) is 80.7 Å². The first kappa shape index (κ1) is 57.4. The SMILES string of the molecule is CC(C)C[C@H](NC(=O)[C@H](C)NC(=O)[C@H](Cc1ccc(O)cc1)NC(=O)[C@H](CO)NC(=O)CC12CC3CC(CC(C3)C1)C2)C(=O)N[C@@H](CCCNC(=N)N)C(=O)N1CCC[C@H]1C(=O)NCC(=O)Nc1ccc2ccccc2c1. The Morgan fingerprint density at radius 1 is 0.727 bits per heavy atom. The van der Waals surface area contributed by atoms with Crippen molar-refractivity contribution < 1.29 is 48.6 Å². The number of carbonyl (C=O) groups excluding carboxylic acids is 8. The lowest BCUT2D eigenvalue weighted by molar-refractivity contribution is -0.142. The molecule has 3 aromatic rings. The highest BCUT2D eigenvalue weighted by atomic mass is 16.3. The fourth-order valence-electron chi connectivity index (χ4n) is 12.3. The van der Waals surface area contributed by atoms with Crippen LogP contribution in [0, 0.1) is 34.5 Å². The van der Waals surface area contributed by atoms with Crippen molar-refractivity contribution in [3.8, 4) is 5.75 Å². The fourth-order valence-corrected chi connectivity index (χ4v) is 12.3. The number of nitrogens with zero attached hydrogens (tertiary/aromatic N) is 1. The van der Waals surface area contributed by atoms with Gasteiger partial charge in [0.15, 0.2) is 5.96 Å². The molecule has 1 aliphatic heterocycles. The van der Waals surface area contributed by atoms with Crippen molar-refractivity contribution >= 4 is 69.7 Å². The van der Waals surface area contributed by atoms with Crippen LogP contribution in [0.5, 0.6) is 5.75 Å². The molecule has 5 aliphatic rings. The van der Waals surface area contributed by atoms with E-state index < -0.39 is 84.2 Å². The van der Waals surface area contributed by atoms with Crippen LogP contribution in [-0.2, 0) is 44.8 Å². The van der Waals surface area contributed by atoms with Gasteiger partial charge in [0.1, 0.15) is 42.0 Å². The van der Waals surface area contributed by atoms with E-state index in [0.29, 0.717) is 41.8 Å². The number of phenolic OH excluding ortho intramolecular Hbond substituents is 1. The number of hydrogen-bond donors (Lipinski definition) is 12. The predicted molar refractivity (Wildman–Crippen MR) is 288 cm³/mol. The topological polar surface area (TPSA) is 326 Å². The molecule has 5 fully saturated rings. The summed E-state index contributed by atoms with van der Waals surface area (Å²) in [6, 6.07) is 11.8.